The lowest BCUT2D eigenvalue weighted by Gasteiger charge is -2.59. The van der Waals surface area contributed by atoms with E-state index in [2.05, 4.69) is 19.0 Å². The minimum atomic E-state index is -0.988. The van der Waals surface area contributed by atoms with Crippen molar-refractivity contribution in [2.45, 2.75) is 71.4 Å². The minimum absolute atomic E-state index is 0.0396. The van der Waals surface area contributed by atoms with Crippen LogP contribution < -0.4 is 0 Å². The van der Waals surface area contributed by atoms with Crippen LogP contribution in [0.1, 0.15) is 65.2 Å². The van der Waals surface area contributed by atoms with Crippen LogP contribution in [0.4, 0.5) is 4.39 Å². The maximum absolute atomic E-state index is 15.1. The van der Waals surface area contributed by atoms with E-state index in [1.54, 1.807) is 0 Å². The van der Waals surface area contributed by atoms with Crippen LogP contribution in [-0.2, 0) is 9.63 Å². The summed E-state index contributed by atoms with van der Waals surface area (Å²) in [4.78, 5) is 20.0. The summed E-state index contributed by atoms with van der Waals surface area (Å²) >= 11 is 0. The van der Waals surface area contributed by atoms with Gasteiger partial charge in [0.15, 0.2) is 0 Å². The number of halogens is 1. The SMILES string of the molecule is CN(C)CCO/N=C1\CC2CC[C@@H]3[C@H](CC[C@]4(C)C(=O)CC[C@@H]34)[C@@]2(C)C[C@H]1F. The van der Waals surface area contributed by atoms with Crippen molar-refractivity contribution < 1.29 is 14.0 Å². The summed E-state index contributed by atoms with van der Waals surface area (Å²) in [5.74, 6) is 2.68. The highest BCUT2D eigenvalue weighted by Crippen LogP contribution is 2.65. The van der Waals surface area contributed by atoms with Crippen LogP contribution >= 0.6 is 0 Å². The van der Waals surface area contributed by atoms with Crippen LogP contribution in [0.5, 0.6) is 0 Å². The number of Topliss-reactive ketones (excluding diaryl/α,β-unsaturated/α-hetero) is 1. The second-order valence-corrected chi connectivity index (χ2v) is 10.7. The van der Waals surface area contributed by atoms with Crippen molar-refractivity contribution in [2.75, 3.05) is 27.2 Å². The molecule has 28 heavy (non-hydrogen) atoms. The van der Waals surface area contributed by atoms with Gasteiger partial charge in [-0.2, -0.15) is 0 Å². The van der Waals surface area contributed by atoms with E-state index in [0.717, 1.165) is 45.1 Å². The highest BCUT2D eigenvalue weighted by atomic mass is 19.1. The first-order valence-corrected chi connectivity index (χ1v) is 11.3. The van der Waals surface area contributed by atoms with Crippen molar-refractivity contribution in [2.24, 2.45) is 39.7 Å². The summed E-state index contributed by atoms with van der Waals surface area (Å²) < 4.78 is 15.1. The third kappa shape index (κ3) is 3.22. The number of rotatable bonds is 4. The average molecular weight is 393 g/mol. The number of ketones is 1. The molecule has 4 aliphatic rings. The van der Waals surface area contributed by atoms with Gasteiger partial charge in [0, 0.05) is 18.4 Å². The summed E-state index contributed by atoms with van der Waals surface area (Å²) in [6, 6.07) is 0. The van der Waals surface area contributed by atoms with Gasteiger partial charge in [0.05, 0.1) is 5.71 Å². The summed E-state index contributed by atoms with van der Waals surface area (Å²) in [5.41, 5.74) is 0.565. The molecule has 4 rings (SSSR count). The lowest BCUT2D eigenvalue weighted by molar-refractivity contribution is -0.138. The second-order valence-electron chi connectivity index (χ2n) is 10.7. The summed E-state index contributed by atoms with van der Waals surface area (Å²) in [6.45, 7) is 5.85. The molecule has 0 saturated heterocycles. The number of hydrogen-bond donors (Lipinski definition) is 0. The second kappa shape index (κ2) is 7.37. The quantitative estimate of drug-likeness (QED) is 0.523. The van der Waals surface area contributed by atoms with Gasteiger partial charge in [0.25, 0.3) is 0 Å². The van der Waals surface area contributed by atoms with E-state index in [9.17, 15) is 4.79 Å². The zero-order chi connectivity index (χ0) is 20.1. The molecule has 0 heterocycles. The number of carbonyl (C=O) groups is 1. The fraction of sp³-hybridized carbons (Fsp3) is 0.913. The predicted molar refractivity (Wildman–Crippen MR) is 109 cm³/mol. The van der Waals surface area contributed by atoms with E-state index >= 15 is 4.39 Å². The normalized spacial score (nSPS) is 47.0. The maximum Gasteiger partial charge on any atom is 0.142 e. The van der Waals surface area contributed by atoms with Gasteiger partial charge in [0.1, 0.15) is 18.6 Å². The number of fused-ring (bicyclic) bond motifs is 5. The lowest BCUT2D eigenvalue weighted by Crippen LogP contribution is -2.55. The first-order chi connectivity index (χ1) is 13.3. The van der Waals surface area contributed by atoms with Crippen LogP contribution in [0.3, 0.4) is 0 Å². The van der Waals surface area contributed by atoms with E-state index in [4.69, 9.17) is 4.84 Å². The smallest absolute Gasteiger partial charge is 0.142 e. The number of hydrogen-bond acceptors (Lipinski definition) is 4. The summed E-state index contributed by atoms with van der Waals surface area (Å²) in [6.07, 6.45) is 6.58. The molecule has 7 atom stereocenters. The molecule has 0 aromatic heterocycles. The van der Waals surface area contributed by atoms with Gasteiger partial charge in [-0.3, -0.25) is 4.79 Å². The molecular weight excluding hydrogens is 355 g/mol. The minimum Gasteiger partial charge on any atom is -0.394 e. The summed E-state index contributed by atoms with van der Waals surface area (Å²) in [5, 5.41) is 4.21. The molecule has 0 aliphatic heterocycles. The molecule has 5 heteroatoms. The Balaban J connectivity index is 1.48. The number of nitrogens with zero attached hydrogens (tertiary/aromatic N) is 2. The van der Waals surface area contributed by atoms with Crippen molar-refractivity contribution in [1.82, 2.24) is 4.90 Å². The average Bonchev–Trinajstić information content (AvgIpc) is 2.94. The molecule has 0 bridgehead atoms. The topological polar surface area (TPSA) is 41.9 Å². The van der Waals surface area contributed by atoms with E-state index < -0.39 is 6.17 Å². The predicted octanol–water partition coefficient (Wildman–Crippen LogP) is 4.48. The molecule has 4 aliphatic carbocycles. The zero-order valence-electron chi connectivity index (χ0n) is 18.0. The fourth-order valence-corrected chi connectivity index (χ4v) is 7.29. The van der Waals surface area contributed by atoms with E-state index in [1.165, 1.54) is 6.42 Å². The molecule has 4 saturated carbocycles. The first-order valence-electron chi connectivity index (χ1n) is 11.3. The third-order valence-electron chi connectivity index (χ3n) is 9.02. The Kier molecular flexibility index (Phi) is 5.35. The Morgan fingerprint density at radius 3 is 2.71 bits per heavy atom. The number of likely N-dealkylation sites (N-methyl/N-ethyl adjacent to an activating group) is 1. The third-order valence-corrected chi connectivity index (χ3v) is 9.02. The Morgan fingerprint density at radius 1 is 1.18 bits per heavy atom. The molecule has 0 aromatic carbocycles. The molecule has 1 unspecified atom stereocenters. The van der Waals surface area contributed by atoms with Gasteiger partial charge in [0.2, 0.25) is 0 Å². The van der Waals surface area contributed by atoms with Crippen molar-refractivity contribution in [3.8, 4) is 0 Å². The maximum atomic E-state index is 15.1. The van der Waals surface area contributed by atoms with Crippen molar-refractivity contribution >= 4 is 11.5 Å². The van der Waals surface area contributed by atoms with Gasteiger partial charge >= 0.3 is 0 Å². The van der Waals surface area contributed by atoms with Crippen molar-refractivity contribution in [3.63, 3.8) is 0 Å². The molecule has 0 spiro atoms. The molecule has 0 N–H and O–H groups in total. The highest BCUT2D eigenvalue weighted by Gasteiger charge is 2.61. The molecule has 0 radical (unpaired) electrons. The van der Waals surface area contributed by atoms with Crippen molar-refractivity contribution in [1.29, 1.82) is 0 Å². The molecule has 0 amide bonds. The molecule has 4 nitrogen and oxygen atoms in total. The summed E-state index contributed by atoms with van der Waals surface area (Å²) in [7, 11) is 3.98. The Labute approximate surface area is 169 Å². The standard InChI is InChI=1S/C23H37FN2O2/c1-22-10-9-18-16(17(22)7-8-21(22)27)6-5-15-13-20(19(24)14-23(15,18)2)25-28-12-11-26(3)4/h15-19H,5-14H2,1-4H3/b25-20+/t15?,16-,17-,18-,19+,22-,23-/m0/s1. The fourth-order valence-electron chi connectivity index (χ4n) is 7.29. The van der Waals surface area contributed by atoms with E-state index in [0.29, 0.717) is 48.2 Å². The number of oxime groups is 1. The van der Waals surface area contributed by atoms with Crippen LogP contribution in [0.2, 0.25) is 0 Å². The lowest BCUT2D eigenvalue weighted by atomic mass is 9.45. The molecule has 4 fully saturated rings. The highest BCUT2D eigenvalue weighted by molar-refractivity contribution is 5.89. The Morgan fingerprint density at radius 2 is 1.96 bits per heavy atom. The molecular formula is C23H37FN2O2. The van der Waals surface area contributed by atoms with Gasteiger partial charge in [-0.15, -0.1) is 0 Å². The van der Waals surface area contributed by atoms with Gasteiger partial charge in [-0.05, 0) is 88.1 Å². The molecule has 158 valence electrons. The van der Waals surface area contributed by atoms with E-state index in [1.807, 2.05) is 19.0 Å². The monoisotopic (exact) mass is 392 g/mol. The van der Waals surface area contributed by atoms with Crippen LogP contribution in [0.15, 0.2) is 5.16 Å². The molecule has 0 aromatic rings. The first kappa shape index (κ1) is 20.3. The van der Waals surface area contributed by atoms with Gasteiger partial charge in [-0.25, -0.2) is 4.39 Å². The van der Waals surface area contributed by atoms with Gasteiger partial charge in [-0.1, -0.05) is 19.0 Å². The number of carbonyl (C=O) groups excluding carboxylic acids is 1. The Bertz CT molecular complexity index is 651. The van der Waals surface area contributed by atoms with Crippen LogP contribution in [-0.4, -0.2) is 49.8 Å². The zero-order valence-corrected chi connectivity index (χ0v) is 18.0. The van der Waals surface area contributed by atoms with Gasteiger partial charge < -0.3 is 9.74 Å². The van der Waals surface area contributed by atoms with Crippen LogP contribution in [0, 0.1) is 34.5 Å². The number of alkyl halides is 1. The van der Waals surface area contributed by atoms with E-state index in [-0.39, 0.29) is 10.8 Å². The van der Waals surface area contributed by atoms with Crippen LogP contribution in [0.25, 0.3) is 0 Å². The largest absolute Gasteiger partial charge is 0.394 e. The Hall–Kier alpha value is -0.970. The van der Waals surface area contributed by atoms with Crippen molar-refractivity contribution in [3.05, 3.63) is 0 Å².